The van der Waals surface area contributed by atoms with Crippen molar-refractivity contribution in [2.75, 3.05) is 5.32 Å². The molecule has 0 saturated carbocycles. The van der Waals surface area contributed by atoms with Crippen molar-refractivity contribution in [1.29, 1.82) is 0 Å². The number of hydrogen-bond donors (Lipinski definition) is 1. The van der Waals surface area contributed by atoms with Crippen LogP contribution in [0.25, 0.3) is 0 Å². The number of cyclic esters (lactones) is 1. The van der Waals surface area contributed by atoms with Gasteiger partial charge in [0.2, 0.25) is 6.23 Å². The Morgan fingerprint density at radius 1 is 1.24 bits per heavy atom. The number of nitrogens with zero attached hydrogens (tertiary/aromatic N) is 1. The van der Waals surface area contributed by atoms with Crippen LogP contribution in [0.2, 0.25) is 0 Å². The van der Waals surface area contributed by atoms with Crippen LogP contribution < -0.4 is 5.32 Å². The van der Waals surface area contributed by atoms with Gasteiger partial charge in [0.1, 0.15) is 0 Å². The smallest absolute Gasteiger partial charge is 0.340 e. The molecule has 0 aliphatic carbocycles. The van der Waals surface area contributed by atoms with Crippen LogP contribution >= 0.6 is 0 Å². The minimum atomic E-state index is -0.629. The van der Waals surface area contributed by atoms with Gasteiger partial charge in [0.15, 0.2) is 0 Å². The Morgan fingerprint density at radius 2 is 2.00 bits per heavy atom. The van der Waals surface area contributed by atoms with Gasteiger partial charge in [-0.05, 0) is 19.1 Å². The molecule has 2 aromatic rings. The summed E-state index contributed by atoms with van der Waals surface area (Å²) < 4.78 is 5.25. The number of benzene rings is 2. The SMILES string of the molecule is Cc1ccc(NC2OC(=O)c3ccccc32)cc1[N+](=O)[O-]. The van der Waals surface area contributed by atoms with Gasteiger partial charge >= 0.3 is 5.97 Å². The molecule has 6 nitrogen and oxygen atoms in total. The van der Waals surface area contributed by atoms with Gasteiger partial charge in [0, 0.05) is 22.9 Å². The molecular formula is C15H12N2O4. The van der Waals surface area contributed by atoms with Gasteiger partial charge in [-0.1, -0.05) is 24.3 Å². The number of carbonyl (C=O) groups excluding carboxylic acids is 1. The summed E-state index contributed by atoms with van der Waals surface area (Å²) in [5, 5.41) is 14.0. The Morgan fingerprint density at radius 3 is 2.76 bits per heavy atom. The fourth-order valence-electron chi connectivity index (χ4n) is 2.30. The maximum atomic E-state index is 11.7. The zero-order chi connectivity index (χ0) is 15.0. The van der Waals surface area contributed by atoms with Crippen molar-refractivity contribution < 1.29 is 14.5 Å². The van der Waals surface area contributed by atoms with E-state index in [9.17, 15) is 14.9 Å². The van der Waals surface area contributed by atoms with E-state index in [-0.39, 0.29) is 5.69 Å². The summed E-state index contributed by atoms with van der Waals surface area (Å²) in [5.41, 5.74) is 2.37. The summed E-state index contributed by atoms with van der Waals surface area (Å²) in [5.74, 6) is -0.398. The first-order valence-electron chi connectivity index (χ1n) is 6.38. The second kappa shape index (κ2) is 4.90. The minimum absolute atomic E-state index is 0.0256. The second-order valence-electron chi connectivity index (χ2n) is 4.78. The largest absolute Gasteiger partial charge is 0.434 e. The third-order valence-corrected chi connectivity index (χ3v) is 3.39. The topological polar surface area (TPSA) is 81.5 Å². The quantitative estimate of drug-likeness (QED) is 0.532. The van der Waals surface area contributed by atoms with Crippen molar-refractivity contribution in [2.45, 2.75) is 13.2 Å². The standard InChI is InChI=1S/C15H12N2O4/c1-9-6-7-10(8-13(9)17(19)20)16-14-11-4-2-3-5-12(11)15(18)21-14/h2-8,14,16H,1H3. The molecule has 0 saturated heterocycles. The van der Waals surface area contributed by atoms with E-state index in [1.807, 2.05) is 6.07 Å². The average molecular weight is 284 g/mol. The van der Waals surface area contributed by atoms with Crippen LogP contribution in [0.1, 0.15) is 27.7 Å². The number of nitro benzene ring substituents is 1. The fourth-order valence-corrected chi connectivity index (χ4v) is 2.30. The average Bonchev–Trinajstić information content (AvgIpc) is 2.78. The molecule has 1 unspecified atom stereocenters. The third kappa shape index (κ3) is 2.31. The lowest BCUT2D eigenvalue weighted by Crippen LogP contribution is -2.10. The van der Waals surface area contributed by atoms with Crippen LogP contribution in [-0.4, -0.2) is 10.9 Å². The van der Waals surface area contributed by atoms with Gasteiger partial charge in [0.25, 0.3) is 5.69 Å². The Balaban J connectivity index is 1.90. The van der Waals surface area contributed by atoms with Crippen molar-refractivity contribution in [1.82, 2.24) is 0 Å². The van der Waals surface area contributed by atoms with E-state index < -0.39 is 17.1 Å². The van der Waals surface area contributed by atoms with Gasteiger partial charge in [-0.25, -0.2) is 4.79 Å². The molecule has 1 N–H and O–H groups in total. The van der Waals surface area contributed by atoms with Crippen molar-refractivity contribution in [3.8, 4) is 0 Å². The lowest BCUT2D eigenvalue weighted by molar-refractivity contribution is -0.385. The van der Waals surface area contributed by atoms with Crippen LogP contribution in [-0.2, 0) is 4.74 Å². The van der Waals surface area contributed by atoms with Gasteiger partial charge < -0.3 is 10.1 Å². The zero-order valence-corrected chi connectivity index (χ0v) is 11.2. The molecule has 0 fully saturated rings. The Hall–Kier alpha value is -2.89. The Bertz CT molecular complexity index is 742. The van der Waals surface area contributed by atoms with Crippen LogP contribution in [0.3, 0.4) is 0 Å². The zero-order valence-electron chi connectivity index (χ0n) is 11.2. The molecule has 3 rings (SSSR count). The maximum absolute atomic E-state index is 11.7. The molecule has 21 heavy (non-hydrogen) atoms. The predicted octanol–water partition coefficient (Wildman–Crippen LogP) is 3.18. The van der Waals surface area contributed by atoms with E-state index in [0.29, 0.717) is 16.8 Å². The molecular weight excluding hydrogens is 272 g/mol. The van der Waals surface area contributed by atoms with E-state index in [2.05, 4.69) is 5.32 Å². The number of ether oxygens (including phenoxy) is 1. The molecule has 1 aliphatic heterocycles. The number of rotatable bonds is 3. The molecule has 1 heterocycles. The Labute approximate surface area is 120 Å². The minimum Gasteiger partial charge on any atom is -0.434 e. The molecule has 0 spiro atoms. The summed E-state index contributed by atoms with van der Waals surface area (Å²) in [4.78, 5) is 22.2. The number of esters is 1. The van der Waals surface area contributed by atoms with Crippen LogP contribution in [0.15, 0.2) is 42.5 Å². The Kier molecular flexibility index (Phi) is 3.06. The lowest BCUT2D eigenvalue weighted by atomic mass is 10.1. The molecule has 0 aromatic heterocycles. The van der Waals surface area contributed by atoms with Gasteiger partial charge in [-0.15, -0.1) is 0 Å². The number of hydrogen-bond acceptors (Lipinski definition) is 5. The highest BCUT2D eigenvalue weighted by molar-refractivity contribution is 5.94. The second-order valence-corrected chi connectivity index (χ2v) is 4.78. The molecule has 0 radical (unpaired) electrons. The van der Waals surface area contributed by atoms with E-state index in [0.717, 1.165) is 5.56 Å². The fraction of sp³-hybridized carbons (Fsp3) is 0.133. The summed E-state index contributed by atoms with van der Waals surface area (Å²) in [7, 11) is 0. The molecule has 6 heteroatoms. The highest BCUT2D eigenvalue weighted by Crippen LogP contribution is 2.32. The molecule has 0 amide bonds. The first-order valence-corrected chi connectivity index (χ1v) is 6.38. The molecule has 106 valence electrons. The predicted molar refractivity (Wildman–Crippen MR) is 76.1 cm³/mol. The number of nitro groups is 1. The van der Waals surface area contributed by atoms with Crippen molar-refractivity contribution >= 4 is 17.3 Å². The highest BCUT2D eigenvalue weighted by atomic mass is 16.6. The van der Waals surface area contributed by atoms with Crippen molar-refractivity contribution in [2.24, 2.45) is 0 Å². The van der Waals surface area contributed by atoms with Crippen LogP contribution in [0, 0.1) is 17.0 Å². The summed E-state index contributed by atoms with van der Waals surface area (Å²) in [6, 6.07) is 11.9. The van der Waals surface area contributed by atoms with E-state index in [1.165, 1.54) is 6.07 Å². The highest BCUT2D eigenvalue weighted by Gasteiger charge is 2.30. The first-order chi connectivity index (χ1) is 10.1. The molecule has 0 bridgehead atoms. The summed E-state index contributed by atoms with van der Waals surface area (Å²) in [6.45, 7) is 1.67. The van der Waals surface area contributed by atoms with Gasteiger partial charge in [0.05, 0.1) is 10.5 Å². The first kappa shape index (κ1) is 13.1. The number of nitrogens with one attached hydrogen (secondary N) is 1. The monoisotopic (exact) mass is 284 g/mol. The number of fused-ring (bicyclic) bond motifs is 1. The number of carbonyl (C=O) groups is 1. The third-order valence-electron chi connectivity index (χ3n) is 3.39. The lowest BCUT2D eigenvalue weighted by Gasteiger charge is -2.14. The molecule has 1 atom stereocenters. The number of anilines is 1. The van der Waals surface area contributed by atoms with Gasteiger partial charge in [-0.3, -0.25) is 10.1 Å². The van der Waals surface area contributed by atoms with E-state index in [4.69, 9.17) is 4.74 Å². The van der Waals surface area contributed by atoms with E-state index in [1.54, 1.807) is 37.3 Å². The van der Waals surface area contributed by atoms with Crippen LogP contribution in [0.5, 0.6) is 0 Å². The normalized spacial score (nSPS) is 16.2. The van der Waals surface area contributed by atoms with Crippen molar-refractivity contribution in [3.05, 3.63) is 69.3 Å². The van der Waals surface area contributed by atoms with E-state index >= 15 is 0 Å². The van der Waals surface area contributed by atoms with Gasteiger partial charge in [-0.2, -0.15) is 0 Å². The molecule has 1 aliphatic rings. The van der Waals surface area contributed by atoms with Crippen molar-refractivity contribution in [3.63, 3.8) is 0 Å². The number of aryl methyl sites for hydroxylation is 1. The van der Waals surface area contributed by atoms with Crippen LogP contribution in [0.4, 0.5) is 11.4 Å². The molecule has 2 aromatic carbocycles. The summed E-state index contributed by atoms with van der Waals surface area (Å²) in [6.07, 6.45) is -0.629. The maximum Gasteiger partial charge on any atom is 0.340 e. The summed E-state index contributed by atoms with van der Waals surface area (Å²) >= 11 is 0.